The van der Waals surface area contributed by atoms with Crippen molar-refractivity contribution in [2.24, 2.45) is 0 Å². The zero-order chi connectivity index (χ0) is 16.2. The van der Waals surface area contributed by atoms with Crippen molar-refractivity contribution in [3.63, 3.8) is 0 Å². The largest absolute Gasteiger partial charge is 0.497 e. The normalized spacial score (nSPS) is 17.0. The fourth-order valence-corrected chi connectivity index (χ4v) is 3.01. The molecule has 6 nitrogen and oxygen atoms in total. The number of cyclic esters (lactones) is 1. The summed E-state index contributed by atoms with van der Waals surface area (Å²) < 4.78 is 10.3. The third-order valence-corrected chi connectivity index (χ3v) is 4.38. The van der Waals surface area contributed by atoms with E-state index in [0.29, 0.717) is 17.9 Å². The number of carbonyl (C=O) groups excluding carboxylic acids is 2. The van der Waals surface area contributed by atoms with Crippen LogP contribution in [0.4, 0.5) is 9.80 Å². The van der Waals surface area contributed by atoms with Crippen LogP contribution in [0.2, 0.25) is 0 Å². The molecule has 1 saturated heterocycles. The van der Waals surface area contributed by atoms with E-state index in [4.69, 9.17) is 9.47 Å². The Morgan fingerprint density at radius 1 is 1.39 bits per heavy atom. The summed E-state index contributed by atoms with van der Waals surface area (Å²) in [7, 11) is 1.57. The van der Waals surface area contributed by atoms with Crippen LogP contribution in [-0.4, -0.2) is 38.3 Å². The average molecular weight is 332 g/mol. The lowest BCUT2D eigenvalue weighted by atomic mass is 10.2. The van der Waals surface area contributed by atoms with Gasteiger partial charge in [-0.05, 0) is 41.8 Å². The third-order valence-electron chi connectivity index (χ3n) is 3.49. The first kappa shape index (κ1) is 15.4. The molecule has 1 aliphatic rings. The van der Waals surface area contributed by atoms with E-state index in [-0.39, 0.29) is 24.6 Å². The zero-order valence-corrected chi connectivity index (χ0v) is 13.3. The number of nitrogens with zero attached hydrogens (tertiary/aromatic N) is 1. The number of rotatable bonds is 5. The van der Waals surface area contributed by atoms with Crippen molar-refractivity contribution in [3.05, 3.63) is 47.3 Å². The average Bonchev–Trinajstić information content (AvgIpc) is 3.22. The lowest BCUT2D eigenvalue weighted by molar-refractivity contribution is 0.0916. The van der Waals surface area contributed by atoms with Crippen molar-refractivity contribution in [3.8, 4) is 5.75 Å². The number of benzene rings is 1. The molecule has 1 atom stereocenters. The minimum Gasteiger partial charge on any atom is -0.497 e. The van der Waals surface area contributed by atoms with Gasteiger partial charge in [0.05, 0.1) is 20.2 Å². The molecule has 2 amide bonds. The van der Waals surface area contributed by atoms with Crippen LogP contribution in [0.1, 0.15) is 10.4 Å². The molecule has 1 aliphatic heterocycles. The SMILES string of the molecule is COc1ccc(C(=O)NCC2CN(c3cccs3)C(=O)O2)cc1. The lowest BCUT2D eigenvalue weighted by Crippen LogP contribution is -2.34. The fraction of sp³-hybridized carbons (Fsp3) is 0.250. The number of methoxy groups -OCH3 is 1. The topological polar surface area (TPSA) is 67.9 Å². The van der Waals surface area contributed by atoms with E-state index in [0.717, 1.165) is 5.00 Å². The molecule has 1 N–H and O–H groups in total. The summed E-state index contributed by atoms with van der Waals surface area (Å²) in [5.74, 6) is 0.483. The number of amides is 2. The minimum absolute atomic E-state index is 0.210. The van der Waals surface area contributed by atoms with E-state index in [1.54, 1.807) is 36.3 Å². The monoisotopic (exact) mass is 332 g/mol. The van der Waals surface area contributed by atoms with Crippen molar-refractivity contribution in [2.45, 2.75) is 6.10 Å². The highest BCUT2D eigenvalue weighted by Gasteiger charge is 2.32. The second-order valence-corrected chi connectivity index (χ2v) is 5.93. The zero-order valence-electron chi connectivity index (χ0n) is 12.5. The number of hydrogen-bond donors (Lipinski definition) is 1. The van der Waals surface area contributed by atoms with Gasteiger partial charge in [-0.1, -0.05) is 0 Å². The molecule has 0 saturated carbocycles. The van der Waals surface area contributed by atoms with E-state index in [1.807, 2.05) is 17.5 Å². The molecule has 1 aromatic heterocycles. The Morgan fingerprint density at radius 3 is 2.83 bits per heavy atom. The molecular weight excluding hydrogens is 316 g/mol. The summed E-state index contributed by atoms with van der Waals surface area (Å²) in [5.41, 5.74) is 0.533. The molecule has 1 fully saturated rings. The van der Waals surface area contributed by atoms with Gasteiger partial charge in [0, 0.05) is 5.56 Å². The van der Waals surface area contributed by atoms with Gasteiger partial charge < -0.3 is 14.8 Å². The van der Waals surface area contributed by atoms with Crippen LogP contribution in [-0.2, 0) is 4.74 Å². The van der Waals surface area contributed by atoms with Crippen molar-refractivity contribution in [2.75, 3.05) is 25.1 Å². The molecule has 1 unspecified atom stereocenters. The molecule has 1 aromatic carbocycles. The van der Waals surface area contributed by atoms with Crippen molar-refractivity contribution >= 4 is 28.3 Å². The van der Waals surface area contributed by atoms with Gasteiger partial charge >= 0.3 is 6.09 Å². The molecule has 2 heterocycles. The van der Waals surface area contributed by atoms with Crippen LogP contribution >= 0.6 is 11.3 Å². The maximum absolute atomic E-state index is 12.1. The first-order valence-corrected chi connectivity index (χ1v) is 7.99. The molecule has 2 aromatic rings. The van der Waals surface area contributed by atoms with Crippen molar-refractivity contribution in [1.29, 1.82) is 0 Å². The standard InChI is InChI=1S/C16H16N2O4S/c1-21-12-6-4-11(5-7-12)15(19)17-9-13-10-18(16(20)22-13)14-3-2-8-23-14/h2-8,13H,9-10H2,1H3,(H,17,19). The first-order chi connectivity index (χ1) is 11.2. The Balaban J connectivity index is 1.54. The predicted molar refractivity (Wildman–Crippen MR) is 87.3 cm³/mol. The highest BCUT2D eigenvalue weighted by molar-refractivity contribution is 7.14. The summed E-state index contributed by atoms with van der Waals surface area (Å²) in [4.78, 5) is 25.5. The molecule has 0 spiro atoms. The maximum Gasteiger partial charge on any atom is 0.415 e. The van der Waals surface area contributed by atoms with Crippen LogP contribution < -0.4 is 15.0 Å². The van der Waals surface area contributed by atoms with Crippen LogP contribution in [0.5, 0.6) is 5.75 Å². The lowest BCUT2D eigenvalue weighted by Gasteiger charge is -2.11. The van der Waals surface area contributed by atoms with Crippen LogP contribution in [0.15, 0.2) is 41.8 Å². The number of carbonyl (C=O) groups is 2. The van der Waals surface area contributed by atoms with Gasteiger partial charge in [-0.3, -0.25) is 9.69 Å². The van der Waals surface area contributed by atoms with Gasteiger partial charge in [-0.15, -0.1) is 11.3 Å². The first-order valence-electron chi connectivity index (χ1n) is 7.11. The second kappa shape index (κ2) is 6.70. The number of ether oxygens (including phenoxy) is 2. The van der Waals surface area contributed by atoms with Crippen LogP contribution in [0.3, 0.4) is 0 Å². The Bertz CT molecular complexity index is 685. The molecule has 23 heavy (non-hydrogen) atoms. The quantitative estimate of drug-likeness (QED) is 0.913. The highest BCUT2D eigenvalue weighted by atomic mass is 32.1. The smallest absolute Gasteiger partial charge is 0.415 e. The molecule has 0 bridgehead atoms. The van der Waals surface area contributed by atoms with E-state index in [2.05, 4.69) is 5.32 Å². The van der Waals surface area contributed by atoms with Crippen LogP contribution in [0.25, 0.3) is 0 Å². The molecule has 0 radical (unpaired) electrons. The summed E-state index contributed by atoms with van der Waals surface area (Å²) in [6, 6.07) is 10.6. The Kier molecular flexibility index (Phi) is 4.47. The van der Waals surface area contributed by atoms with Gasteiger partial charge in [0.25, 0.3) is 5.91 Å². The number of thiophene rings is 1. The van der Waals surface area contributed by atoms with Gasteiger partial charge in [0.2, 0.25) is 0 Å². The molecule has 3 rings (SSSR count). The second-order valence-electron chi connectivity index (χ2n) is 5.01. The highest BCUT2D eigenvalue weighted by Crippen LogP contribution is 2.26. The van der Waals surface area contributed by atoms with E-state index < -0.39 is 0 Å². The predicted octanol–water partition coefficient (Wildman–Crippen LogP) is 2.51. The van der Waals surface area contributed by atoms with Crippen molar-refractivity contribution in [1.82, 2.24) is 5.32 Å². The summed E-state index contributed by atoms with van der Waals surface area (Å²) in [5, 5.41) is 5.53. The summed E-state index contributed by atoms with van der Waals surface area (Å²) in [6.45, 7) is 0.709. The van der Waals surface area contributed by atoms with Gasteiger partial charge in [0.1, 0.15) is 16.9 Å². The summed E-state index contributed by atoms with van der Waals surface area (Å²) in [6.07, 6.45) is -0.733. The number of anilines is 1. The molecular formula is C16H16N2O4S. The van der Waals surface area contributed by atoms with Crippen molar-refractivity contribution < 1.29 is 19.1 Å². The molecule has 0 aliphatic carbocycles. The van der Waals surface area contributed by atoms with Crippen LogP contribution in [0, 0.1) is 0 Å². The molecule has 7 heteroatoms. The van der Waals surface area contributed by atoms with Gasteiger partial charge in [-0.2, -0.15) is 0 Å². The number of nitrogens with one attached hydrogen (secondary N) is 1. The Hall–Kier alpha value is -2.54. The Labute approximate surface area is 137 Å². The third kappa shape index (κ3) is 3.45. The van der Waals surface area contributed by atoms with E-state index in [9.17, 15) is 9.59 Å². The maximum atomic E-state index is 12.1. The van der Waals surface area contributed by atoms with Gasteiger partial charge in [-0.25, -0.2) is 4.79 Å². The fourth-order valence-electron chi connectivity index (χ4n) is 2.28. The minimum atomic E-state index is -0.379. The summed E-state index contributed by atoms with van der Waals surface area (Å²) >= 11 is 1.48. The van der Waals surface area contributed by atoms with Gasteiger partial charge in [0.15, 0.2) is 0 Å². The van der Waals surface area contributed by atoms with E-state index >= 15 is 0 Å². The van der Waals surface area contributed by atoms with E-state index in [1.165, 1.54) is 11.3 Å². The molecule has 120 valence electrons. The Morgan fingerprint density at radius 2 is 2.17 bits per heavy atom. The number of hydrogen-bond acceptors (Lipinski definition) is 5.